The number of carbonyl (C=O) groups is 1. The minimum Gasteiger partial charge on any atom is -0.298 e. The van der Waals surface area contributed by atoms with Crippen LogP contribution in [0, 0.1) is 33.5 Å². The number of hydrogen-bond donors (Lipinski definition) is 0. The monoisotopic (exact) mass is 368 g/mol. The summed E-state index contributed by atoms with van der Waals surface area (Å²) in [5.74, 6) is 0.502. The molecule has 0 heterocycles. The van der Waals surface area contributed by atoms with Gasteiger partial charge < -0.3 is 0 Å². The predicted octanol–water partition coefficient (Wildman–Crippen LogP) is 5.12. The second-order valence-electron chi connectivity index (χ2n) is 8.51. The third kappa shape index (κ3) is 3.71. The van der Waals surface area contributed by atoms with Gasteiger partial charge in [0, 0.05) is 10.8 Å². The normalized spacial score (nSPS) is 17.9. The van der Waals surface area contributed by atoms with Crippen LogP contribution in [0.3, 0.4) is 0 Å². The number of Topliss-reactive ketones (excluding diaryl/α,β-unsaturated/α-hetero) is 1. The molecule has 0 unspecified atom stereocenters. The Morgan fingerprint density at radius 1 is 0.714 bits per heavy atom. The highest BCUT2D eigenvalue weighted by Gasteiger charge is 2.60. The zero-order valence-corrected chi connectivity index (χ0v) is 16.1. The lowest BCUT2D eigenvalue weighted by Gasteiger charge is -2.22. The number of hydrogen-bond acceptors (Lipinski definition) is 3. The van der Waals surface area contributed by atoms with Crippen molar-refractivity contribution in [2.24, 2.45) is 10.8 Å². The Hall–Kier alpha value is -2.91. The van der Waals surface area contributed by atoms with Crippen molar-refractivity contribution in [1.82, 2.24) is 0 Å². The Labute approximate surface area is 166 Å². The fourth-order valence-electron chi connectivity index (χ4n) is 4.30. The van der Waals surface area contributed by atoms with E-state index in [-0.39, 0.29) is 10.8 Å². The molecule has 0 bridgehead atoms. The average Bonchev–Trinajstić information content (AvgIpc) is 3.67. The van der Waals surface area contributed by atoms with E-state index in [1.165, 1.54) is 11.1 Å². The first-order valence-corrected chi connectivity index (χ1v) is 10.1. The first-order chi connectivity index (χ1) is 13.6. The fraction of sp³-hybridized carbons (Fsp3) is 0.400. The molecular formula is C25H24N2O. The molecule has 2 aliphatic carbocycles. The fourth-order valence-corrected chi connectivity index (χ4v) is 4.30. The number of nitriles is 2. The maximum atomic E-state index is 13.4. The quantitative estimate of drug-likeness (QED) is 0.649. The summed E-state index contributed by atoms with van der Waals surface area (Å²) >= 11 is 0. The second kappa shape index (κ2) is 7.25. The van der Waals surface area contributed by atoms with Crippen LogP contribution in [0.4, 0.5) is 0 Å². The third-order valence-electron chi connectivity index (χ3n) is 6.62. The van der Waals surface area contributed by atoms with Crippen LogP contribution in [0.25, 0.3) is 0 Å². The maximum absolute atomic E-state index is 13.4. The Morgan fingerprint density at radius 2 is 1.07 bits per heavy atom. The van der Waals surface area contributed by atoms with Crippen LogP contribution >= 0.6 is 0 Å². The third-order valence-corrected chi connectivity index (χ3v) is 6.62. The van der Waals surface area contributed by atoms with Gasteiger partial charge in [0.25, 0.3) is 0 Å². The average molecular weight is 368 g/mol. The topological polar surface area (TPSA) is 64.7 Å². The van der Waals surface area contributed by atoms with Crippen LogP contribution in [0.2, 0.25) is 0 Å². The second-order valence-corrected chi connectivity index (χ2v) is 8.51. The van der Waals surface area contributed by atoms with E-state index in [1.807, 2.05) is 48.5 Å². The van der Waals surface area contributed by atoms with Crippen molar-refractivity contribution in [1.29, 1.82) is 10.5 Å². The van der Waals surface area contributed by atoms with Gasteiger partial charge in [0.05, 0.1) is 23.3 Å². The number of carbonyl (C=O) groups excluding carboxylic acids is 1. The summed E-state index contributed by atoms with van der Waals surface area (Å²) in [4.78, 5) is 13.4. The molecule has 0 saturated heterocycles. The van der Waals surface area contributed by atoms with Gasteiger partial charge in [-0.05, 0) is 86.8 Å². The van der Waals surface area contributed by atoms with Gasteiger partial charge in [0.15, 0.2) is 0 Å². The summed E-state index contributed by atoms with van der Waals surface area (Å²) in [6, 6.07) is 19.8. The lowest BCUT2D eigenvalue weighted by Crippen LogP contribution is -2.27. The summed E-state index contributed by atoms with van der Waals surface area (Å²) in [5.41, 5.74) is 3.58. The van der Waals surface area contributed by atoms with Gasteiger partial charge in [-0.15, -0.1) is 0 Å². The van der Waals surface area contributed by atoms with Gasteiger partial charge >= 0.3 is 0 Å². The van der Waals surface area contributed by atoms with Gasteiger partial charge in [-0.25, -0.2) is 0 Å². The molecule has 0 N–H and O–H groups in total. The van der Waals surface area contributed by atoms with E-state index in [2.05, 4.69) is 12.1 Å². The minimum absolute atomic E-state index is 0.102. The SMILES string of the molecule is N#Cc1ccc(CCC2(C(=O)C3(CCc4ccc(C#N)cc4)CC3)CC2)cc1. The Balaban J connectivity index is 1.35. The molecule has 2 fully saturated rings. The molecule has 2 saturated carbocycles. The molecule has 0 amide bonds. The highest BCUT2D eigenvalue weighted by atomic mass is 16.1. The van der Waals surface area contributed by atoms with E-state index < -0.39 is 0 Å². The Morgan fingerprint density at radius 3 is 1.36 bits per heavy atom. The van der Waals surface area contributed by atoms with Crippen molar-refractivity contribution in [3.05, 3.63) is 70.8 Å². The molecular weight excluding hydrogens is 344 g/mol. The number of aryl methyl sites for hydroxylation is 2. The largest absolute Gasteiger partial charge is 0.298 e. The molecule has 4 rings (SSSR count). The van der Waals surface area contributed by atoms with Crippen molar-refractivity contribution in [2.75, 3.05) is 0 Å². The maximum Gasteiger partial charge on any atom is 0.145 e. The Bertz CT molecular complexity index is 870. The smallest absolute Gasteiger partial charge is 0.145 e. The van der Waals surface area contributed by atoms with Crippen molar-refractivity contribution in [3.63, 3.8) is 0 Å². The van der Waals surface area contributed by atoms with Crippen molar-refractivity contribution >= 4 is 5.78 Å². The molecule has 28 heavy (non-hydrogen) atoms. The van der Waals surface area contributed by atoms with Crippen LogP contribution in [-0.2, 0) is 17.6 Å². The molecule has 3 heteroatoms. The van der Waals surface area contributed by atoms with Crippen molar-refractivity contribution < 1.29 is 4.79 Å². The van der Waals surface area contributed by atoms with E-state index in [9.17, 15) is 4.79 Å². The molecule has 0 spiro atoms. The lowest BCUT2D eigenvalue weighted by molar-refractivity contribution is -0.130. The summed E-state index contributed by atoms with van der Waals surface area (Å²) in [5, 5.41) is 17.8. The Kier molecular flexibility index (Phi) is 4.78. The van der Waals surface area contributed by atoms with Crippen LogP contribution < -0.4 is 0 Å². The highest BCUT2D eigenvalue weighted by Crippen LogP contribution is 2.62. The van der Waals surface area contributed by atoms with Crippen LogP contribution in [0.15, 0.2) is 48.5 Å². The van der Waals surface area contributed by atoms with Gasteiger partial charge in [0.1, 0.15) is 5.78 Å². The summed E-state index contributed by atoms with van der Waals surface area (Å²) < 4.78 is 0. The molecule has 0 aliphatic heterocycles. The highest BCUT2D eigenvalue weighted by molar-refractivity contribution is 5.94. The molecule has 0 radical (unpaired) electrons. The number of ketones is 1. The van der Waals surface area contributed by atoms with E-state index in [0.29, 0.717) is 16.9 Å². The summed E-state index contributed by atoms with van der Waals surface area (Å²) in [7, 11) is 0. The van der Waals surface area contributed by atoms with Crippen molar-refractivity contribution in [2.45, 2.75) is 51.4 Å². The predicted molar refractivity (Wildman–Crippen MR) is 107 cm³/mol. The van der Waals surface area contributed by atoms with E-state index in [0.717, 1.165) is 51.4 Å². The van der Waals surface area contributed by atoms with E-state index in [4.69, 9.17) is 10.5 Å². The van der Waals surface area contributed by atoms with Crippen LogP contribution in [0.5, 0.6) is 0 Å². The molecule has 140 valence electrons. The standard InChI is InChI=1S/C25H24N2O/c26-17-21-5-1-19(2-6-21)9-11-24(13-14-24)23(28)25(15-16-25)12-10-20-3-7-22(18-27)8-4-20/h1-8H,9-16H2. The molecule has 2 aromatic carbocycles. The molecule has 2 aromatic rings. The number of nitrogens with zero attached hydrogens (tertiary/aromatic N) is 2. The first-order valence-electron chi connectivity index (χ1n) is 10.1. The zero-order valence-electron chi connectivity index (χ0n) is 16.1. The van der Waals surface area contributed by atoms with Gasteiger partial charge in [-0.1, -0.05) is 24.3 Å². The zero-order chi connectivity index (χ0) is 19.6. The lowest BCUT2D eigenvalue weighted by atomic mass is 9.80. The number of benzene rings is 2. The van der Waals surface area contributed by atoms with Crippen molar-refractivity contribution in [3.8, 4) is 12.1 Å². The molecule has 0 atom stereocenters. The summed E-state index contributed by atoms with van der Waals surface area (Å²) in [6.07, 6.45) is 7.78. The molecule has 2 aliphatic rings. The van der Waals surface area contributed by atoms with E-state index >= 15 is 0 Å². The molecule has 3 nitrogen and oxygen atoms in total. The summed E-state index contributed by atoms with van der Waals surface area (Å²) in [6.45, 7) is 0. The van der Waals surface area contributed by atoms with Gasteiger partial charge in [-0.2, -0.15) is 10.5 Å². The van der Waals surface area contributed by atoms with Gasteiger partial charge in [-0.3, -0.25) is 4.79 Å². The number of rotatable bonds is 8. The van der Waals surface area contributed by atoms with Gasteiger partial charge in [0.2, 0.25) is 0 Å². The van der Waals surface area contributed by atoms with E-state index in [1.54, 1.807) is 0 Å². The van der Waals surface area contributed by atoms with Crippen LogP contribution in [-0.4, -0.2) is 5.78 Å². The first kappa shape index (κ1) is 18.5. The molecule has 0 aromatic heterocycles. The van der Waals surface area contributed by atoms with Crippen LogP contribution in [0.1, 0.15) is 60.8 Å². The minimum atomic E-state index is -0.102.